The molecule has 0 aromatic heterocycles. The van der Waals surface area contributed by atoms with Crippen LogP contribution < -0.4 is 14.4 Å². The normalized spacial score (nSPS) is 24.9. The van der Waals surface area contributed by atoms with E-state index in [-0.39, 0.29) is 22.8 Å². The Balaban J connectivity index is 1.32. The maximum atomic E-state index is 13.3. The van der Waals surface area contributed by atoms with Gasteiger partial charge in [0, 0.05) is 54.6 Å². The average molecular weight is 738 g/mol. The first-order valence-electron chi connectivity index (χ1n) is 18.5. The van der Waals surface area contributed by atoms with Gasteiger partial charge in [0.2, 0.25) is 10.0 Å². The number of rotatable bonds is 12. The zero-order valence-corrected chi connectivity index (χ0v) is 31.7. The Morgan fingerprint density at radius 3 is 2.73 bits per heavy atom. The Bertz CT molecular complexity index is 1750. The van der Waals surface area contributed by atoms with E-state index in [2.05, 4.69) is 51.7 Å². The molecule has 1 spiro atoms. The third kappa shape index (κ3) is 8.13. The van der Waals surface area contributed by atoms with Gasteiger partial charge in [0.15, 0.2) is 0 Å². The molecule has 6 rings (SSSR count). The van der Waals surface area contributed by atoms with Crippen LogP contribution in [0.15, 0.2) is 48.6 Å². The molecule has 2 aromatic carbocycles. The summed E-state index contributed by atoms with van der Waals surface area (Å²) in [6.07, 6.45) is 16.3. The fraction of sp³-hybridized carbons (Fsp3) is 0.575. The zero-order valence-electron chi connectivity index (χ0n) is 30.2. The third-order valence-electron chi connectivity index (χ3n) is 11.3. The first kappa shape index (κ1) is 37.7. The van der Waals surface area contributed by atoms with Crippen molar-refractivity contribution in [2.75, 3.05) is 64.1 Å². The Morgan fingerprint density at radius 1 is 1.22 bits per heavy atom. The van der Waals surface area contributed by atoms with Gasteiger partial charge in [-0.15, -0.1) is 6.42 Å². The molecule has 1 saturated carbocycles. The second-order valence-electron chi connectivity index (χ2n) is 14.8. The molecule has 4 aliphatic rings. The molecule has 2 aliphatic heterocycles. The molecule has 4 atom stereocenters. The summed E-state index contributed by atoms with van der Waals surface area (Å²) < 4.78 is 46.4. The molecule has 1 saturated heterocycles. The summed E-state index contributed by atoms with van der Waals surface area (Å²) in [5.41, 5.74) is 2.39. The summed E-state index contributed by atoms with van der Waals surface area (Å²) in [6.45, 7) is 11.6. The number of allylic oxidation sites excluding steroid dienone is 1. The number of aryl methyl sites for hydroxylation is 1. The van der Waals surface area contributed by atoms with E-state index in [9.17, 15) is 13.2 Å². The van der Waals surface area contributed by atoms with E-state index in [4.69, 9.17) is 32.2 Å². The average Bonchev–Trinajstić information content (AvgIpc) is 3.25. The zero-order chi connectivity index (χ0) is 36.2. The van der Waals surface area contributed by atoms with Crippen molar-refractivity contribution in [1.82, 2.24) is 9.62 Å². The maximum Gasteiger partial charge on any atom is 0.264 e. The van der Waals surface area contributed by atoms with E-state index in [1.807, 2.05) is 6.07 Å². The van der Waals surface area contributed by atoms with E-state index in [0.717, 1.165) is 82.1 Å². The maximum absolute atomic E-state index is 13.3. The van der Waals surface area contributed by atoms with Crippen LogP contribution in [0, 0.1) is 24.2 Å². The minimum atomic E-state index is -3.81. The van der Waals surface area contributed by atoms with Gasteiger partial charge in [-0.2, -0.15) is 0 Å². The Kier molecular flexibility index (Phi) is 11.7. The predicted octanol–water partition coefficient (Wildman–Crippen LogP) is 5.99. The number of nitrogens with zero attached hydrogens (tertiary/aromatic N) is 2. The fourth-order valence-corrected chi connectivity index (χ4v) is 8.94. The summed E-state index contributed by atoms with van der Waals surface area (Å²) in [5, 5.41) is -0.0177. The van der Waals surface area contributed by atoms with Crippen LogP contribution in [0.3, 0.4) is 0 Å². The summed E-state index contributed by atoms with van der Waals surface area (Å²) in [7, 11) is -3.81. The number of anilines is 1. The van der Waals surface area contributed by atoms with Crippen LogP contribution in [-0.2, 0) is 31.3 Å². The van der Waals surface area contributed by atoms with E-state index < -0.39 is 26.8 Å². The number of hydrogen-bond donors (Lipinski definition) is 1. The molecule has 0 bridgehead atoms. The van der Waals surface area contributed by atoms with Crippen LogP contribution >= 0.6 is 11.6 Å². The number of ether oxygens (including phenoxy) is 3. The number of terminal acetylenes is 1. The van der Waals surface area contributed by atoms with Crippen molar-refractivity contribution in [3.63, 3.8) is 0 Å². The highest BCUT2D eigenvalue weighted by atomic mass is 35.5. The summed E-state index contributed by atoms with van der Waals surface area (Å²) in [4.78, 5) is 18.1. The van der Waals surface area contributed by atoms with Crippen molar-refractivity contribution in [1.29, 1.82) is 0 Å². The second-order valence-corrected chi connectivity index (χ2v) is 17.5. The van der Waals surface area contributed by atoms with Gasteiger partial charge in [0.25, 0.3) is 5.91 Å². The van der Waals surface area contributed by atoms with Crippen molar-refractivity contribution < 1.29 is 27.4 Å². The Hall–Kier alpha value is -3.07. The lowest BCUT2D eigenvalue weighted by Crippen LogP contribution is -2.53. The number of halogens is 1. The highest BCUT2D eigenvalue weighted by Gasteiger charge is 2.49. The van der Waals surface area contributed by atoms with Crippen LogP contribution in [0.25, 0.3) is 0 Å². The SMILES string of the molecule is C#C[C@](/C=C/CC)(OCCN1CCOCC1)[C@@H]1CC[C@H]1CN1C[C@@]2(CCCc3cc(Cl)ccc32)COc2ccc(C(=O)NS(=O)(=O)C(C)C)cc21. The summed E-state index contributed by atoms with van der Waals surface area (Å²) in [5.74, 6) is 3.42. The van der Waals surface area contributed by atoms with Gasteiger partial charge < -0.3 is 19.1 Å². The molecule has 1 N–H and O–H groups in total. The molecular formula is C40H52ClN3O6S. The largest absolute Gasteiger partial charge is 0.490 e. The van der Waals surface area contributed by atoms with Crippen molar-refractivity contribution in [2.45, 2.75) is 75.6 Å². The van der Waals surface area contributed by atoms with Crippen molar-refractivity contribution in [3.8, 4) is 18.1 Å². The first-order valence-corrected chi connectivity index (χ1v) is 20.4. The lowest BCUT2D eigenvalue weighted by molar-refractivity contribution is -0.0703. The van der Waals surface area contributed by atoms with E-state index >= 15 is 0 Å². The highest BCUT2D eigenvalue weighted by Crippen LogP contribution is 2.49. The number of nitrogens with one attached hydrogen (secondary N) is 1. The molecular weight excluding hydrogens is 686 g/mol. The van der Waals surface area contributed by atoms with Crippen LogP contribution in [0.2, 0.25) is 5.02 Å². The predicted molar refractivity (Wildman–Crippen MR) is 202 cm³/mol. The smallest absolute Gasteiger partial charge is 0.264 e. The molecule has 0 unspecified atom stereocenters. The fourth-order valence-electron chi connectivity index (χ4n) is 8.13. The minimum absolute atomic E-state index is 0.0960. The van der Waals surface area contributed by atoms with Gasteiger partial charge in [-0.05, 0) is 106 Å². The lowest BCUT2D eigenvalue weighted by atomic mass is 9.64. The number of sulfonamides is 1. The molecule has 11 heteroatoms. The van der Waals surface area contributed by atoms with Crippen LogP contribution in [0.1, 0.15) is 74.4 Å². The number of morpholine rings is 1. The van der Waals surface area contributed by atoms with Crippen LogP contribution in [0.4, 0.5) is 5.69 Å². The molecule has 2 aliphatic carbocycles. The number of carbonyl (C=O) groups excluding carboxylic acids is 1. The number of benzene rings is 2. The van der Waals surface area contributed by atoms with E-state index in [0.29, 0.717) is 32.1 Å². The first-order chi connectivity index (χ1) is 24.5. The van der Waals surface area contributed by atoms with Gasteiger partial charge in [-0.1, -0.05) is 36.6 Å². The van der Waals surface area contributed by atoms with Crippen molar-refractivity contribution >= 4 is 33.2 Å². The van der Waals surface area contributed by atoms with Crippen LogP contribution in [0.5, 0.6) is 5.75 Å². The van der Waals surface area contributed by atoms with Crippen LogP contribution in [-0.4, -0.2) is 89.2 Å². The van der Waals surface area contributed by atoms with Gasteiger partial charge >= 0.3 is 0 Å². The highest BCUT2D eigenvalue weighted by molar-refractivity contribution is 7.90. The third-order valence-corrected chi connectivity index (χ3v) is 13.2. The molecule has 1 amide bonds. The number of fused-ring (bicyclic) bond motifs is 3. The number of amides is 1. The molecule has 276 valence electrons. The standard InChI is InChI=1S/C40H52ClN3O6S/c1-5-7-17-40(6-2,50-23-20-43-18-21-48-22-19-43)35-13-10-32(35)26-44-27-39(16-8-9-30-24-33(41)12-14-34(30)39)28-49-37-15-11-31(25-36(37)44)38(45)42-51(46,47)29(3)4/h2,7,11-12,14-15,17,24-25,29,32,35H,5,8-10,13,16,18-23,26-28H2,1,3-4H3,(H,42,45)/b17-7+/t32-,35+,39-,40+/m0/s1. The number of carbonyl (C=O) groups is 1. The molecule has 9 nitrogen and oxygen atoms in total. The molecule has 2 fully saturated rings. The monoisotopic (exact) mass is 737 g/mol. The van der Waals surface area contributed by atoms with Gasteiger partial charge in [-0.3, -0.25) is 9.69 Å². The van der Waals surface area contributed by atoms with Crippen molar-refractivity contribution in [2.24, 2.45) is 11.8 Å². The van der Waals surface area contributed by atoms with E-state index in [1.165, 1.54) is 11.1 Å². The molecule has 2 heterocycles. The molecule has 0 radical (unpaired) electrons. The van der Waals surface area contributed by atoms with E-state index in [1.54, 1.807) is 32.0 Å². The van der Waals surface area contributed by atoms with Crippen molar-refractivity contribution in [3.05, 3.63) is 70.3 Å². The second kappa shape index (κ2) is 15.9. The summed E-state index contributed by atoms with van der Waals surface area (Å²) in [6, 6.07) is 11.4. The Morgan fingerprint density at radius 2 is 2.02 bits per heavy atom. The molecule has 51 heavy (non-hydrogen) atoms. The van der Waals surface area contributed by atoms with Gasteiger partial charge in [0.1, 0.15) is 11.4 Å². The molecule has 2 aromatic rings. The van der Waals surface area contributed by atoms with Gasteiger partial charge in [0.05, 0.1) is 37.4 Å². The minimum Gasteiger partial charge on any atom is -0.490 e. The Labute approximate surface area is 309 Å². The quantitative estimate of drug-likeness (QED) is 0.210. The van der Waals surface area contributed by atoms with Gasteiger partial charge in [-0.25, -0.2) is 13.1 Å². The number of hydrogen-bond acceptors (Lipinski definition) is 8. The lowest BCUT2D eigenvalue weighted by Gasteiger charge is -2.49. The topological polar surface area (TPSA) is 97.4 Å². The summed E-state index contributed by atoms with van der Waals surface area (Å²) >= 11 is 6.47.